The van der Waals surface area contributed by atoms with Crippen LogP contribution >= 0.6 is 12.6 Å². The van der Waals surface area contributed by atoms with Crippen LogP contribution in [0.2, 0.25) is 0 Å². The van der Waals surface area contributed by atoms with Gasteiger partial charge in [0, 0.05) is 62.1 Å². The van der Waals surface area contributed by atoms with Crippen LogP contribution in [0.4, 0.5) is 16.2 Å². The summed E-state index contributed by atoms with van der Waals surface area (Å²) in [6, 6.07) is 10.6. The molecule has 3 aromatic rings. The molecule has 5 aliphatic rings. The van der Waals surface area contributed by atoms with Gasteiger partial charge in [0.05, 0.1) is 73.2 Å². The Bertz CT molecular complexity index is 3440. The summed E-state index contributed by atoms with van der Waals surface area (Å²) in [7, 11) is 3.05. The molecule has 1 fully saturated rings. The first-order valence-electron chi connectivity index (χ1n) is 31.9. The van der Waals surface area contributed by atoms with Gasteiger partial charge < -0.3 is 59.5 Å². The highest BCUT2D eigenvalue weighted by atomic mass is 32.1. The molecule has 502 valence electrons. The molecule has 9 amide bonds. The number of unbranched alkanes of at least 4 members (excludes halogenated alkanes) is 2. The normalized spacial score (nSPS) is 19.6. The largest absolute Gasteiger partial charge is 0.493 e. The summed E-state index contributed by atoms with van der Waals surface area (Å²) < 4.78 is 36.1. The molecule has 8 rings (SSSR count). The van der Waals surface area contributed by atoms with Crippen LogP contribution in [0.15, 0.2) is 78.2 Å². The van der Waals surface area contributed by atoms with Crippen molar-refractivity contribution < 1.29 is 71.6 Å². The number of imide groups is 1. The maximum Gasteiger partial charge on any atom is 0.414 e. The van der Waals surface area contributed by atoms with Crippen molar-refractivity contribution in [1.82, 2.24) is 30.7 Å². The smallest absolute Gasteiger partial charge is 0.414 e. The van der Waals surface area contributed by atoms with Gasteiger partial charge in [0.25, 0.3) is 11.8 Å². The number of thiol groups is 1. The zero-order chi connectivity index (χ0) is 67.6. The SMILES string of the molecule is CCC(C)(CNC(=O)CCN1C(=O)CC(S)C1=O)OCCC(C)(C)C(=O)N[C@H](C(=O)N[C@@H](C)C(=O)Nc1ccc(COC(=O)N2c3cc(OCCCCCOc4cc5c(cc4OC)C(=O)N4C=C(C)C[C@H]4C=C5)c(OC)cc3C(=O)N3C=C(C)C[C@H]3C2C)cc1)C(C)C. The van der Waals surface area contributed by atoms with Gasteiger partial charge in [0.15, 0.2) is 23.0 Å². The van der Waals surface area contributed by atoms with E-state index >= 15 is 0 Å². The van der Waals surface area contributed by atoms with Crippen molar-refractivity contribution in [2.45, 2.75) is 175 Å². The Hall–Kier alpha value is -8.38. The number of hydrogen-bond donors (Lipinski definition) is 5. The average molecular weight is 1300 g/mol. The van der Waals surface area contributed by atoms with E-state index in [0.29, 0.717) is 84.4 Å². The van der Waals surface area contributed by atoms with Gasteiger partial charge in [-0.05, 0) is 127 Å². The van der Waals surface area contributed by atoms with E-state index in [1.807, 2.05) is 65.2 Å². The Morgan fingerprint density at radius 1 is 0.753 bits per heavy atom. The summed E-state index contributed by atoms with van der Waals surface area (Å²) in [5.41, 5.74) is 3.27. The van der Waals surface area contributed by atoms with E-state index in [1.165, 1.54) is 18.9 Å². The monoisotopic (exact) mass is 1300 g/mol. The van der Waals surface area contributed by atoms with Crippen molar-refractivity contribution in [1.29, 1.82) is 0 Å². The second-order valence-electron chi connectivity index (χ2n) is 25.8. The summed E-state index contributed by atoms with van der Waals surface area (Å²) in [6.07, 6.45) is 11.2. The first kappa shape index (κ1) is 70.5. The van der Waals surface area contributed by atoms with Crippen molar-refractivity contribution in [2.24, 2.45) is 11.3 Å². The van der Waals surface area contributed by atoms with E-state index in [-0.39, 0.29) is 92.8 Å². The van der Waals surface area contributed by atoms with Crippen LogP contribution < -0.4 is 45.1 Å². The Balaban J connectivity index is 0.808. The molecule has 3 unspecified atom stereocenters. The molecule has 93 heavy (non-hydrogen) atoms. The highest BCUT2D eigenvalue weighted by molar-refractivity contribution is 7.81. The fourth-order valence-corrected chi connectivity index (χ4v) is 12.0. The Labute approximate surface area is 550 Å². The predicted molar refractivity (Wildman–Crippen MR) is 353 cm³/mol. The molecule has 7 atom stereocenters. The Kier molecular flexibility index (Phi) is 23.2. The van der Waals surface area contributed by atoms with Crippen LogP contribution in [-0.2, 0) is 44.8 Å². The van der Waals surface area contributed by atoms with Crippen molar-refractivity contribution in [2.75, 3.05) is 57.3 Å². The van der Waals surface area contributed by atoms with Gasteiger partial charge in [0.1, 0.15) is 18.7 Å². The molecular formula is C69H90N8O15S. The summed E-state index contributed by atoms with van der Waals surface area (Å²) in [6.45, 7) is 19.0. The zero-order valence-electron chi connectivity index (χ0n) is 55.4. The number of likely N-dealkylation sites (tertiary alicyclic amines) is 1. The van der Waals surface area contributed by atoms with Gasteiger partial charge in [-0.15, -0.1) is 0 Å². The second kappa shape index (κ2) is 30.6. The molecule has 1 saturated heterocycles. The van der Waals surface area contributed by atoms with Gasteiger partial charge >= 0.3 is 6.09 Å². The molecule has 4 N–H and O–H groups in total. The molecule has 0 aliphatic carbocycles. The minimum atomic E-state index is -1.01. The summed E-state index contributed by atoms with van der Waals surface area (Å²) in [5.74, 6) is -1.60. The number of amides is 9. The fourth-order valence-electron chi connectivity index (χ4n) is 11.7. The van der Waals surface area contributed by atoms with E-state index in [0.717, 1.165) is 34.5 Å². The number of nitrogens with zero attached hydrogens (tertiary/aromatic N) is 4. The number of fused-ring (bicyclic) bond motifs is 4. The number of ether oxygens (including phenoxy) is 6. The number of methoxy groups -OCH3 is 2. The molecular weight excluding hydrogens is 1210 g/mol. The summed E-state index contributed by atoms with van der Waals surface area (Å²) in [4.78, 5) is 126. The highest BCUT2D eigenvalue weighted by Crippen LogP contribution is 2.43. The van der Waals surface area contributed by atoms with Crippen molar-refractivity contribution >= 4 is 83.4 Å². The molecule has 0 spiro atoms. The van der Waals surface area contributed by atoms with Gasteiger partial charge in [-0.25, -0.2) is 4.79 Å². The van der Waals surface area contributed by atoms with Crippen LogP contribution in [0.1, 0.15) is 159 Å². The van der Waals surface area contributed by atoms with Gasteiger partial charge in [0.2, 0.25) is 35.4 Å². The number of rotatable bonds is 29. The minimum absolute atomic E-state index is 0.00997. The third-order valence-corrected chi connectivity index (χ3v) is 18.2. The van der Waals surface area contributed by atoms with E-state index in [9.17, 15) is 43.2 Å². The molecule has 3 aromatic carbocycles. The maximum atomic E-state index is 14.5. The molecule has 0 radical (unpaired) electrons. The van der Waals surface area contributed by atoms with E-state index in [1.54, 1.807) is 87.1 Å². The number of carbonyl (C=O) groups excluding carboxylic acids is 9. The number of nitrogens with one attached hydrogen (secondary N) is 4. The third-order valence-electron chi connectivity index (χ3n) is 17.8. The number of benzene rings is 3. The molecule has 0 saturated carbocycles. The number of carbonyl (C=O) groups is 9. The zero-order valence-corrected chi connectivity index (χ0v) is 56.3. The standard InChI is InChI=1S/C69H90N8O15S/c1-13-69(10,39-70-58(78)23-25-74-59(79)35-57(93)65(74)84)92-28-24-68(8,9)66(85)73-60(40(2)3)62(81)71-43(6)61(80)72-47-20-17-45(18-21-47)38-91-67(86)77-44(7)51-30-42(5)37-76(51)64(83)50-33-54(88-12)56(34-52(50)77)90-27-16-14-15-26-89-55-31-46-19-22-48-29-41(4)36-75(48)63(82)49(46)32-53(55)87-11/h17-22,31-34,36-37,40,43-44,48,51,57,60,93H,13-16,23-30,35,38-39H2,1-12H3,(H,70,78)(H,71,81)(H,72,80)(H,73,85)/t43-,44?,48+,51-,57?,60-,69?/m0/s1. The lowest BCUT2D eigenvalue weighted by molar-refractivity contribution is -0.138. The van der Waals surface area contributed by atoms with Crippen molar-refractivity contribution in [3.05, 3.63) is 100 Å². The minimum Gasteiger partial charge on any atom is -0.493 e. The van der Waals surface area contributed by atoms with E-state index < -0.39 is 64.1 Å². The summed E-state index contributed by atoms with van der Waals surface area (Å²) >= 11 is 4.12. The van der Waals surface area contributed by atoms with Gasteiger partial charge in [-0.3, -0.25) is 48.2 Å². The second-order valence-corrected chi connectivity index (χ2v) is 26.5. The quantitative estimate of drug-likeness (QED) is 0.0247. The fraction of sp³-hybridized carbons (Fsp3) is 0.522. The lowest BCUT2D eigenvalue weighted by Gasteiger charge is -2.33. The first-order chi connectivity index (χ1) is 44.2. The van der Waals surface area contributed by atoms with Crippen LogP contribution in [-0.4, -0.2) is 156 Å². The van der Waals surface area contributed by atoms with Gasteiger partial charge in [-0.1, -0.05) is 70.0 Å². The van der Waals surface area contributed by atoms with Crippen LogP contribution in [0.5, 0.6) is 23.0 Å². The summed E-state index contributed by atoms with van der Waals surface area (Å²) in [5, 5.41) is 10.6. The molecule has 5 heterocycles. The Morgan fingerprint density at radius 2 is 1.39 bits per heavy atom. The third kappa shape index (κ3) is 16.9. The molecule has 0 aromatic heterocycles. The lowest BCUT2D eigenvalue weighted by atomic mass is 9.87. The van der Waals surface area contributed by atoms with Crippen LogP contribution in [0, 0.1) is 11.3 Å². The lowest BCUT2D eigenvalue weighted by Crippen LogP contribution is -2.55. The Morgan fingerprint density at radius 3 is 2.02 bits per heavy atom. The maximum absolute atomic E-state index is 14.5. The number of hydrogen-bond acceptors (Lipinski definition) is 16. The topological polar surface area (TPSA) is 270 Å². The van der Waals surface area contributed by atoms with Crippen LogP contribution in [0.25, 0.3) is 6.08 Å². The van der Waals surface area contributed by atoms with Gasteiger partial charge in [-0.2, -0.15) is 12.6 Å². The molecule has 23 nitrogen and oxygen atoms in total. The van der Waals surface area contributed by atoms with Crippen LogP contribution in [0.3, 0.4) is 0 Å². The molecule has 0 bridgehead atoms. The van der Waals surface area contributed by atoms with Crippen molar-refractivity contribution in [3.63, 3.8) is 0 Å². The highest BCUT2D eigenvalue weighted by Gasteiger charge is 2.44. The van der Waals surface area contributed by atoms with E-state index in [4.69, 9.17) is 28.4 Å². The molecule has 5 aliphatic heterocycles. The molecule has 24 heteroatoms. The number of anilines is 2. The first-order valence-corrected chi connectivity index (χ1v) is 32.5. The predicted octanol–water partition coefficient (Wildman–Crippen LogP) is 8.89. The average Bonchev–Trinajstić information content (AvgIpc) is 1.63. The van der Waals surface area contributed by atoms with Crippen molar-refractivity contribution in [3.8, 4) is 23.0 Å². The van der Waals surface area contributed by atoms with E-state index in [2.05, 4.69) is 33.9 Å².